The van der Waals surface area contributed by atoms with Crippen molar-refractivity contribution >= 4 is 45.6 Å². The standard InChI is InChI=1S/C27H29ClFN5O3S/c1-37-27(36)22-18-9-10-30-13-21(18)38-26(22)33-25(35)19-12-20(29)23(28)32-24(19)31-17-8-5-11-34(15-17)14-16-6-3-2-4-7-16/h2-4,6-7,12,17,30H,5,8-11,13-15H2,1H3,(H,31,32)(H,33,35). The van der Waals surface area contributed by atoms with E-state index in [-0.39, 0.29) is 22.6 Å². The van der Waals surface area contributed by atoms with Crippen LogP contribution in [0.5, 0.6) is 0 Å². The number of halogens is 2. The van der Waals surface area contributed by atoms with E-state index in [0.29, 0.717) is 23.5 Å². The van der Waals surface area contributed by atoms with Gasteiger partial charge in [-0.15, -0.1) is 11.3 Å². The number of benzene rings is 1. The number of nitrogens with one attached hydrogen (secondary N) is 3. The van der Waals surface area contributed by atoms with Crippen LogP contribution in [0.25, 0.3) is 0 Å². The molecule has 2 aliphatic rings. The van der Waals surface area contributed by atoms with Crippen LogP contribution in [0.2, 0.25) is 5.15 Å². The maximum absolute atomic E-state index is 14.5. The van der Waals surface area contributed by atoms with Gasteiger partial charge in [-0.05, 0) is 49.5 Å². The molecule has 3 N–H and O–H groups in total. The zero-order chi connectivity index (χ0) is 26.6. The molecule has 0 spiro atoms. The van der Waals surface area contributed by atoms with Gasteiger partial charge in [-0.25, -0.2) is 14.2 Å². The Morgan fingerprint density at radius 1 is 1.32 bits per heavy atom. The van der Waals surface area contributed by atoms with Crippen LogP contribution in [0.4, 0.5) is 15.2 Å². The average Bonchev–Trinajstić information content (AvgIpc) is 3.28. The number of hydrogen-bond acceptors (Lipinski definition) is 8. The second kappa shape index (κ2) is 11.8. The number of piperidine rings is 1. The van der Waals surface area contributed by atoms with Crippen molar-refractivity contribution in [2.24, 2.45) is 0 Å². The number of methoxy groups -OCH3 is 1. The minimum absolute atomic E-state index is 0.00111. The number of ether oxygens (including phenoxy) is 1. The minimum atomic E-state index is -0.792. The van der Waals surface area contributed by atoms with Gasteiger partial charge >= 0.3 is 5.97 Å². The monoisotopic (exact) mass is 557 g/mol. The third kappa shape index (κ3) is 5.83. The molecule has 0 radical (unpaired) electrons. The number of anilines is 2. The number of nitrogens with zero attached hydrogens (tertiary/aromatic N) is 2. The molecule has 4 heterocycles. The SMILES string of the molecule is COC(=O)c1c(NC(=O)c2cc(F)c(Cl)nc2NC2CCCN(Cc3ccccc3)C2)sc2c1CCNC2. The molecule has 3 aromatic rings. The van der Waals surface area contributed by atoms with Gasteiger partial charge in [-0.2, -0.15) is 0 Å². The summed E-state index contributed by atoms with van der Waals surface area (Å²) in [5.74, 6) is -1.67. The molecule has 1 aromatic carbocycles. The van der Waals surface area contributed by atoms with E-state index in [0.717, 1.165) is 55.5 Å². The highest BCUT2D eigenvalue weighted by Gasteiger charge is 2.29. The predicted molar refractivity (Wildman–Crippen MR) is 147 cm³/mol. The van der Waals surface area contributed by atoms with Crippen molar-refractivity contribution in [3.05, 3.63) is 74.5 Å². The fourth-order valence-corrected chi connectivity index (χ4v) is 6.35. The lowest BCUT2D eigenvalue weighted by molar-refractivity contribution is 0.0601. The first-order chi connectivity index (χ1) is 18.4. The number of likely N-dealkylation sites (tertiary alicyclic amines) is 1. The lowest BCUT2D eigenvalue weighted by Crippen LogP contribution is -2.42. The molecule has 0 saturated carbocycles. The first kappa shape index (κ1) is 26.6. The van der Waals surface area contributed by atoms with E-state index in [1.165, 1.54) is 24.0 Å². The number of carbonyl (C=O) groups is 2. The molecule has 0 aliphatic carbocycles. The highest BCUT2D eigenvalue weighted by molar-refractivity contribution is 7.17. The number of pyridine rings is 1. The fourth-order valence-electron chi connectivity index (χ4n) is 5.01. The summed E-state index contributed by atoms with van der Waals surface area (Å²) in [6.07, 6.45) is 2.50. The Kier molecular flexibility index (Phi) is 8.23. The lowest BCUT2D eigenvalue weighted by Gasteiger charge is -2.33. The van der Waals surface area contributed by atoms with Crippen LogP contribution in [0, 0.1) is 5.82 Å². The van der Waals surface area contributed by atoms with Gasteiger partial charge in [-0.1, -0.05) is 41.9 Å². The van der Waals surface area contributed by atoms with E-state index in [1.54, 1.807) is 0 Å². The van der Waals surface area contributed by atoms with Crippen LogP contribution in [0.3, 0.4) is 0 Å². The Morgan fingerprint density at radius 2 is 2.13 bits per heavy atom. The summed E-state index contributed by atoms with van der Waals surface area (Å²) in [4.78, 5) is 33.5. The van der Waals surface area contributed by atoms with Gasteiger partial charge in [0.15, 0.2) is 11.0 Å². The van der Waals surface area contributed by atoms with Crippen LogP contribution in [-0.2, 0) is 24.2 Å². The third-order valence-electron chi connectivity index (χ3n) is 6.82. The molecule has 0 bridgehead atoms. The van der Waals surface area contributed by atoms with E-state index >= 15 is 0 Å². The summed E-state index contributed by atoms with van der Waals surface area (Å²) >= 11 is 7.34. The fraction of sp³-hybridized carbons (Fsp3) is 0.370. The number of aromatic nitrogens is 1. The molecule has 200 valence electrons. The topological polar surface area (TPSA) is 95.6 Å². The molecule has 5 rings (SSSR count). The molecule has 2 aromatic heterocycles. The maximum atomic E-state index is 14.5. The summed E-state index contributed by atoms with van der Waals surface area (Å²) in [7, 11) is 1.31. The molecule has 1 amide bonds. The zero-order valence-corrected chi connectivity index (χ0v) is 22.6. The van der Waals surface area contributed by atoms with Crippen molar-refractivity contribution < 1.29 is 18.7 Å². The molecule has 38 heavy (non-hydrogen) atoms. The van der Waals surface area contributed by atoms with Crippen molar-refractivity contribution in [1.29, 1.82) is 0 Å². The van der Waals surface area contributed by atoms with Gasteiger partial charge in [0.1, 0.15) is 10.8 Å². The number of thiophene rings is 1. The highest BCUT2D eigenvalue weighted by atomic mass is 35.5. The summed E-state index contributed by atoms with van der Waals surface area (Å²) in [6.45, 7) is 3.85. The van der Waals surface area contributed by atoms with Gasteiger partial charge in [0.05, 0.1) is 18.2 Å². The molecule has 2 aliphatic heterocycles. The van der Waals surface area contributed by atoms with E-state index in [2.05, 4.69) is 38.0 Å². The molecule has 1 atom stereocenters. The van der Waals surface area contributed by atoms with E-state index < -0.39 is 17.7 Å². The number of carbonyl (C=O) groups excluding carboxylic acids is 2. The zero-order valence-electron chi connectivity index (χ0n) is 21.0. The Bertz CT molecular complexity index is 1340. The largest absolute Gasteiger partial charge is 0.465 e. The van der Waals surface area contributed by atoms with Crippen molar-refractivity contribution in [3.63, 3.8) is 0 Å². The van der Waals surface area contributed by atoms with Gasteiger partial charge < -0.3 is 20.7 Å². The predicted octanol–water partition coefficient (Wildman–Crippen LogP) is 4.70. The Morgan fingerprint density at radius 3 is 2.92 bits per heavy atom. The lowest BCUT2D eigenvalue weighted by atomic mass is 10.0. The number of hydrogen-bond donors (Lipinski definition) is 3. The van der Waals surface area contributed by atoms with Gasteiger partial charge in [0.25, 0.3) is 5.91 Å². The molecule has 1 unspecified atom stereocenters. The molecular formula is C27H29ClFN5O3S. The average molecular weight is 558 g/mol. The van der Waals surface area contributed by atoms with Gasteiger partial charge in [0.2, 0.25) is 0 Å². The van der Waals surface area contributed by atoms with E-state index in [1.807, 2.05) is 18.2 Å². The van der Waals surface area contributed by atoms with Crippen LogP contribution >= 0.6 is 22.9 Å². The Labute approximate surface area is 229 Å². The number of esters is 1. The normalized spacial score (nSPS) is 17.5. The van der Waals surface area contributed by atoms with Crippen LogP contribution in [0.1, 0.15) is 49.6 Å². The second-order valence-corrected chi connectivity index (χ2v) is 10.9. The molecule has 1 saturated heterocycles. The van der Waals surface area contributed by atoms with Crippen molar-refractivity contribution in [2.75, 3.05) is 37.4 Å². The smallest absolute Gasteiger partial charge is 0.341 e. The Balaban J connectivity index is 1.37. The minimum Gasteiger partial charge on any atom is -0.465 e. The number of amides is 1. The van der Waals surface area contributed by atoms with Gasteiger partial charge in [-0.3, -0.25) is 9.69 Å². The van der Waals surface area contributed by atoms with E-state index in [9.17, 15) is 14.0 Å². The molecule has 11 heteroatoms. The van der Waals surface area contributed by atoms with Crippen molar-refractivity contribution in [2.45, 2.75) is 38.4 Å². The van der Waals surface area contributed by atoms with Crippen LogP contribution in [0.15, 0.2) is 36.4 Å². The summed E-state index contributed by atoms with van der Waals surface area (Å²) in [5.41, 5.74) is 2.47. The van der Waals surface area contributed by atoms with Crippen LogP contribution in [-0.4, -0.2) is 54.5 Å². The maximum Gasteiger partial charge on any atom is 0.341 e. The first-order valence-electron chi connectivity index (χ1n) is 12.6. The third-order valence-corrected chi connectivity index (χ3v) is 8.23. The van der Waals surface area contributed by atoms with Crippen molar-refractivity contribution in [1.82, 2.24) is 15.2 Å². The Hall–Kier alpha value is -3.05. The number of fused-ring (bicyclic) bond motifs is 1. The summed E-state index contributed by atoms with van der Waals surface area (Å²) in [6, 6.07) is 11.3. The van der Waals surface area contributed by atoms with E-state index in [4.69, 9.17) is 16.3 Å². The highest BCUT2D eigenvalue weighted by Crippen LogP contribution is 2.36. The molecular weight excluding hydrogens is 529 g/mol. The first-order valence-corrected chi connectivity index (χ1v) is 13.8. The quantitative estimate of drug-likeness (QED) is 0.286. The molecule has 8 nitrogen and oxygen atoms in total. The second-order valence-electron chi connectivity index (χ2n) is 9.44. The van der Waals surface area contributed by atoms with Gasteiger partial charge in [0, 0.05) is 30.6 Å². The van der Waals surface area contributed by atoms with Crippen LogP contribution < -0.4 is 16.0 Å². The van der Waals surface area contributed by atoms with Crippen molar-refractivity contribution in [3.8, 4) is 0 Å². The summed E-state index contributed by atoms with van der Waals surface area (Å²) < 4.78 is 19.5. The number of rotatable bonds is 7. The summed E-state index contributed by atoms with van der Waals surface area (Å²) in [5, 5.41) is 9.49. The molecule has 1 fully saturated rings.